The van der Waals surface area contributed by atoms with Crippen LogP contribution in [0, 0.1) is 0 Å². The van der Waals surface area contributed by atoms with E-state index in [9.17, 15) is 10.2 Å². The molecule has 4 rings (SSSR count). The summed E-state index contributed by atoms with van der Waals surface area (Å²) in [6.45, 7) is 2.82. The largest absolute Gasteiger partial charge is 0.387 e. The summed E-state index contributed by atoms with van der Waals surface area (Å²) < 4.78 is 13.1. The predicted molar refractivity (Wildman–Crippen MR) is 93.1 cm³/mol. The number of aliphatic hydroxyl groups excluding tert-OH is 2. The van der Waals surface area contributed by atoms with Crippen LogP contribution in [-0.4, -0.2) is 86.8 Å². The molecule has 0 spiro atoms. The van der Waals surface area contributed by atoms with Crippen molar-refractivity contribution < 1.29 is 19.7 Å². The number of morpholine rings is 1. The van der Waals surface area contributed by atoms with Crippen molar-refractivity contribution >= 4 is 16.9 Å². The SMILES string of the molecule is NC[C@@H]1COCCN1C[C@H]1O[C@@H](n2ccc3c(N)ncnc32)[C@H](O)[C@@H]1O. The van der Waals surface area contributed by atoms with Crippen LogP contribution >= 0.6 is 0 Å². The van der Waals surface area contributed by atoms with Gasteiger partial charge in [-0.25, -0.2) is 9.97 Å². The van der Waals surface area contributed by atoms with Crippen LogP contribution in [0.3, 0.4) is 0 Å². The highest BCUT2D eigenvalue weighted by atomic mass is 16.6. The first-order valence-electron chi connectivity index (χ1n) is 8.70. The van der Waals surface area contributed by atoms with Gasteiger partial charge in [-0.05, 0) is 6.07 Å². The van der Waals surface area contributed by atoms with E-state index in [2.05, 4.69) is 14.9 Å². The van der Waals surface area contributed by atoms with Crippen LogP contribution in [0.1, 0.15) is 6.23 Å². The van der Waals surface area contributed by atoms with Gasteiger partial charge in [0, 0.05) is 31.9 Å². The molecule has 142 valence electrons. The van der Waals surface area contributed by atoms with Gasteiger partial charge >= 0.3 is 0 Å². The van der Waals surface area contributed by atoms with Crippen molar-refractivity contribution in [2.24, 2.45) is 5.73 Å². The molecule has 2 aromatic heterocycles. The van der Waals surface area contributed by atoms with Gasteiger partial charge in [-0.3, -0.25) is 4.90 Å². The molecule has 2 saturated heterocycles. The lowest BCUT2D eigenvalue weighted by atomic mass is 10.1. The smallest absolute Gasteiger partial charge is 0.164 e. The Hall–Kier alpha value is -1.82. The molecule has 0 bridgehead atoms. The predicted octanol–water partition coefficient (Wildman–Crippen LogP) is -1.71. The summed E-state index contributed by atoms with van der Waals surface area (Å²) in [4.78, 5) is 10.3. The van der Waals surface area contributed by atoms with Gasteiger partial charge in [-0.15, -0.1) is 0 Å². The number of nitrogen functional groups attached to an aromatic ring is 1. The summed E-state index contributed by atoms with van der Waals surface area (Å²) in [5, 5.41) is 21.7. The number of anilines is 1. The first-order valence-corrected chi connectivity index (χ1v) is 8.70. The molecule has 10 nitrogen and oxygen atoms in total. The maximum atomic E-state index is 10.5. The Morgan fingerprint density at radius 1 is 1.27 bits per heavy atom. The molecule has 26 heavy (non-hydrogen) atoms. The lowest BCUT2D eigenvalue weighted by molar-refractivity contribution is -0.0682. The van der Waals surface area contributed by atoms with E-state index in [0.29, 0.717) is 49.7 Å². The third kappa shape index (κ3) is 2.94. The molecule has 0 radical (unpaired) electrons. The minimum absolute atomic E-state index is 0.0793. The second-order valence-corrected chi connectivity index (χ2v) is 6.72. The maximum Gasteiger partial charge on any atom is 0.164 e. The summed E-state index contributed by atoms with van der Waals surface area (Å²) in [5.74, 6) is 0.359. The Balaban J connectivity index is 1.55. The lowest BCUT2D eigenvalue weighted by Gasteiger charge is -2.36. The Labute approximate surface area is 150 Å². The van der Waals surface area contributed by atoms with Crippen molar-refractivity contribution in [3.63, 3.8) is 0 Å². The first-order chi connectivity index (χ1) is 12.6. The Bertz CT molecular complexity index is 770. The van der Waals surface area contributed by atoms with Gasteiger partial charge in [0.25, 0.3) is 0 Å². The monoisotopic (exact) mass is 364 g/mol. The zero-order chi connectivity index (χ0) is 18.3. The molecular formula is C16H24N6O4. The Morgan fingerprint density at radius 2 is 2.12 bits per heavy atom. The molecule has 2 fully saturated rings. The summed E-state index contributed by atoms with van der Waals surface area (Å²) in [6, 6.07) is 1.85. The molecular weight excluding hydrogens is 340 g/mol. The Morgan fingerprint density at radius 3 is 2.92 bits per heavy atom. The molecule has 10 heteroatoms. The van der Waals surface area contributed by atoms with Gasteiger partial charge in [0.15, 0.2) is 6.23 Å². The molecule has 2 aliphatic rings. The molecule has 0 saturated carbocycles. The highest BCUT2D eigenvalue weighted by Gasteiger charge is 2.45. The highest BCUT2D eigenvalue weighted by molar-refractivity contribution is 5.86. The zero-order valence-electron chi connectivity index (χ0n) is 14.3. The standard InChI is InChI=1S/C16H24N6O4/c17-5-9-7-25-4-3-21(9)6-11-12(23)13(24)16(26-11)22-2-1-10-14(18)19-8-20-15(10)22/h1-2,8-9,11-13,16,23-24H,3-7,17H2,(H2,18,19,20)/t9-,11-,12-,13-,16-/m1/s1. The molecule has 4 heterocycles. The fraction of sp³-hybridized carbons (Fsp3) is 0.625. The van der Waals surface area contributed by atoms with Gasteiger partial charge in [-0.1, -0.05) is 0 Å². The number of hydrogen-bond acceptors (Lipinski definition) is 9. The summed E-state index contributed by atoms with van der Waals surface area (Å²) in [6.07, 6.45) is -0.293. The van der Waals surface area contributed by atoms with Gasteiger partial charge in [0.1, 0.15) is 36.1 Å². The number of aromatic nitrogens is 3. The molecule has 0 amide bonds. The average Bonchev–Trinajstić information content (AvgIpc) is 3.20. The van der Waals surface area contributed by atoms with Crippen LogP contribution in [0.5, 0.6) is 0 Å². The van der Waals surface area contributed by atoms with E-state index >= 15 is 0 Å². The maximum absolute atomic E-state index is 10.5. The van der Waals surface area contributed by atoms with Gasteiger partial charge in [0.2, 0.25) is 0 Å². The first kappa shape index (κ1) is 17.6. The number of ether oxygens (including phenoxy) is 2. The van der Waals surface area contributed by atoms with E-state index in [-0.39, 0.29) is 6.04 Å². The van der Waals surface area contributed by atoms with E-state index in [4.69, 9.17) is 20.9 Å². The van der Waals surface area contributed by atoms with Gasteiger partial charge in [0.05, 0.1) is 18.6 Å². The molecule has 0 aliphatic carbocycles. The van der Waals surface area contributed by atoms with E-state index in [1.165, 1.54) is 6.33 Å². The van der Waals surface area contributed by atoms with Crippen LogP contribution in [-0.2, 0) is 9.47 Å². The van der Waals surface area contributed by atoms with E-state index in [1.807, 2.05) is 0 Å². The van der Waals surface area contributed by atoms with Gasteiger partial charge < -0.3 is 35.7 Å². The number of nitrogens with two attached hydrogens (primary N) is 2. The van der Waals surface area contributed by atoms with E-state index in [0.717, 1.165) is 0 Å². The van der Waals surface area contributed by atoms with Crippen molar-refractivity contribution in [1.29, 1.82) is 0 Å². The third-order valence-corrected chi connectivity index (χ3v) is 5.19. The second kappa shape index (κ2) is 7.06. The lowest BCUT2D eigenvalue weighted by Crippen LogP contribution is -2.53. The molecule has 5 atom stereocenters. The van der Waals surface area contributed by atoms with E-state index < -0.39 is 24.5 Å². The summed E-state index contributed by atoms with van der Waals surface area (Å²) >= 11 is 0. The van der Waals surface area contributed by atoms with Crippen molar-refractivity contribution in [3.05, 3.63) is 18.6 Å². The van der Waals surface area contributed by atoms with Crippen LogP contribution in [0.15, 0.2) is 18.6 Å². The van der Waals surface area contributed by atoms with Crippen LogP contribution in [0.25, 0.3) is 11.0 Å². The topological polar surface area (TPSA) is 145 Å². The molecule has 6 N–H and O–H groups in total. The van der Waals surface area contributed by atoms with Crippen LogP contribution in [0.4, 0.5) is 5.82 Å². The number of hydrogen-bond donors (Lipinski definition) is 4. The third-order valence-electron chi connectivity index (χ3n) is 5.19. The quantitative estimate of drug-likeness (QED) is 0.498. The van der Waals surface area contributed by atoms with Gasteiger partial charge in [-0.2, -0.15) is 0 Å². The van der Waals surface area contributed by atoms with Crippen LogP contribution < -0.4 is 11.5 Å². The minimum atomic E-state index is -1.08. The van der Waals surface area contributed by atoms with Crippen molar-refractivity contribution in [3.8, 4) is 0 Å². The number of fused-ring (bicyclic) bond motifs is 1. The molecule has 2 aliphatic heterocycles. The normalized spacial score (nSPS) is 33.1. The fourth-order valence-corrected chi connectivity index (χ4v) is 3.68. The molecule has 0 aromatic carbocycles. The number of aliphatic hydroxyl groups is 2. The van der Waals surface area contributed by atoms with Crippen molar-refractivity contribution in [1.82, 2.24) is 19.4 Å². The van der Waals surface area contributed by atoms with Crippen LogP contribution in [0.2, 0.25) is 0 Å². The minimum Gasteiger partial charge on any atom is -0.387 e. The molecule has 0 unspecified atom stereocenters. The summed E-state index contributed by atoms with van der Waals surface area (Å²) in [7, 11) is 0. The average molecular weight is 364 g/mol. The number of nitrogens with zero attached hydrogens (tertiary/aromatic N) is 4. The molecule has 2 aromatic rings. The number of rotatable bonds is 4. The summed E-state index contributed by atoms with van der Waals surface area (Å²) in [5.41, 5.74) is 12.2. The van der Waals surface area contributed by atoms with Crippen molar-refractivity contribution in [2.45, 2.75) is 30.6 Å². The fourth-order valence-electron chi connectivity index (χ4n) is 3.68. The Kier molecular flexibility index (Phi) is 4.78. The second-order valence-electron chi connectivity index (χ2n) is 6.72. The zero-order valence-corrected chi connectivity index (χ0v) is 14.3. The highest BCUT2D eigenvalue weighted by Crippen LogP contribution is 2.33. The van der Waals surface area contributed by atoms with E-state index in [1.54, 1.807) is 16.8 Å². The van der Waals surface area contributed by atoms with Crippen molar-refractivity contribution in [2.75, 3.05) is 38.6 Å².